The monoisotopic (exact) mass is 487 g/mol. The number of amides is 1. The van der Waals surface area contributed by atoms with E-state index in [1.54, 1.807) is 0 Å². The highest BCUT2D eigenvalue weighted by molar-refractivity contribution is 6.30. The van der Waals surface area contributed by atoms with Gasteiger partial charge in [0.25, 0.3) is 5.91 Å². The Kier molecular flexibility index (Phi) is 5.79. The number of hydrogen-bond donors (Lipinski definition) is 3. The summed E-state index contributed by atoms with van der Waals surface area (Å²) in [5, 5.41) is 29.9. The van der Waals surface area contributed by atoms with Gasteiger partial charge in [-0.2, -0.15) is 10.4 Å². The zero-order valence-electron chi connectivity index (χ0n) is 17.8. The Balaban J connectivity index is 1.49. The van der Waals surface area contributed by atoms with E-state index in [0.29, 0.717) is 23.8 Å². The van der Waals surface area contributed by atoms with Gasteiger partial charge in [0.15, 0.2) is 11.3 Å². The van der Waals surface area contributed by atoms with Crippen LogP contribution in [0.2, 0.25) is 5.02 Å². The number of rotatable bonds is 4. The molecule has 0 unspecified atom stereocenters. The van der Waals surface area contributed by atoms with Crippen molar-refractivity contribution in [3.63, 3.8) is 0 Å². The van der Waals surface area contributed by atoms with Gasteiger partial charge < -0.3 is 15.3 Å². The van der Waals surface area contributed by atoms with Crippen LogP contribution in [0.5, 0.6) is 0 Å². The lowest BCUT2D eigenvalue weighted by Gasteiger charge is -2.24. The first-order valence-electron chi connectivity index (χ1n) is 10.8. The molecule has 2 fully saturated rings. The van der Waals surface area contributed by atoms with E-state index in [1.807, 2.05) is 0 Å². The van der Waals surface area contributed by atoms with Crippen LogP contribution in [0, 0.1) is 23.1 Å². The number of aliphatic hydroxyl groups excluding tert-OH is 1. The van der Waals surface area contributed by atoms with E-state index in [0.717, 1.165) is 6.07 Å². The molecular weight excluding hydrogens is 468 g/mol. The topological polar surface area (TPSA) is 131 Å². The number of hydrogen-bond acceptors (Lipinski definition) is 7. The van der Waals surface area contributed by atoms with E-state index >= 15 is 0 Å². The maximum Gasteiger partial charge on any atom is 0.275 e. The molecule has 3 N–H and O–H groups in total. The number of carbonyl (C=O) groups is 1. The van der Waals surface area contributed by atoms with Crippen molar-refractivity contribution >= 4 is 34.4 Å². The molecule has 0 bridgehead atoms. The number of nitriles is 1. The summed E-state index contributed by atoms with van der Waals surface area (Å²) >= 11 is 5.98. The van der Waals surface area contributed by atoms with Crippen LogP contribution >= 0.6 is 11.6 Å². The molecule has 9 nitrogen and oxygen atoms in total. The third kappa shape index (κ3) is 4.03. The number of alkyl halides is 1. The van der Waals surface area contributed by atoms with Crippen LogP contribution in [-0.4, -0.2) is 60.9 Å². The van der Waals surface area contributed by atoms with Crippen LogP contribution in [0.25, 0.3) is 11.0 Å². The van der Waals surface area contributed by atoms with Gasteiger partial charge in [-0.15, -0.1) is 0 Å². The molecule has 34 heavy (non-hydrogen) atoms. The first kappa shape index (κ1) is 22.4. The van der Waals surface area contributed by atoms with Gasteiger partial charge >= 0.3 is 0 Å². The van der Waals surface area contributed by atoms with E-state index in [9.17, 15) is 23.9 Å². The van der Waals surface area contributed by atoms with Gasteiger partial charge in [0.1, 0.15) is 24.1 Å². The Bertz CT molecular complexity index is 1280. The molecule has 1 aliphatic carbocycles. The van der Waals surface area contributed by atoms with E-state index in [4.69, 9.17) is 11.6 Å². The van der Waals surface area contributed by atoms with Crippen LogP contribution in [0.1, 0.15) is 41.4 Å². The number of nitrogens with one attached hydrogen (secondary N) is 2. The summed E-state index contributed by atoms with van der Waals surface area (Å²) in [5.74, 6) is -1.17. The van der Waals surface area contributed by atoms with Crippen molar-refractivity contribution in [1.82, 2.24) is 25.1 Å². The minimum atomic E-state index is -1.30. The predicted molar refractivity (Wildman–Crippen MR) is 118 cm³/mol. The second-order valence-corrected chi connectivity index (χ2v) is 9.08. The van der Waals surface area contributed by atoms with E-state index in [1.165, 1.54) is 23.4 Å². The fourth-order valence-corrected chi connectivity index (χ4v) is 5.03. The quantitative estimate of drug-likeness (QED) is 0.515. The fraction of sp³-hybridized carbons (Fsp3) is 0.409. The Hall–Kier alpha value is -3.36. The Morgan fingerprint density at radius 2 is 2.12 bits per heavy atom. The summed E-state index contributed by atoms with van der Waals surface area (Å²) in [7, 11) is 0. The molecule has 12 heteroatoms. The number of aliphatic hydroxyl groups is 1. The minimum absolute atomic E-state index is 0.000695. The molecule has 1 aromatic carbocycles. The summed E-state index contributed by atoms with van der Waals surface area (Å²) in [4.78, 5) is 23.2. The van der Waals surface area contributed by atoms with Crippen LogP contribution < -0.4 is 5.32 Å². The van der Waals surface area contributed by atoms with Crippen LogP contribution in [0.3, 0.4) is 0 Å². The first-order valence-corrected chi connectivity index (χ1v) is 11.2. The van der Waals surface area contributed by atoms with E-state index in [2.05, 4.69) is 31.6 Å². The summed E-state index contributed by atoms with van der Waals surface area (Å²) in [5.41, 5.74) is 0.653. The molecule has 2 aromatic heterocycles. The number of aromatic nitrogens is 4. The fourth-order valence-electron chi connectivity index (χ4n) is 4.80. The summed E-state index contributed by atoms with van der Waals surface area (Å²) < 4.78 is 28.4. The third-order valence-corrected chi connectivity index (χ3v) is 6.59. The molecule has 1 aliphatic heterocycles. The SMILES string of the molecule is N#C[C@H]1C[C@@H](O)[C@H](Nc2ncnc3[nH]nc(C(=O)N4C[C@@H](F)C[C@@H]4c4cc(F)cc(Cl)c4)c23)C1. The zero-order valence-corrected chi connectivity index (χ0v) is 18.5. The Labute approximate surface area is 197 Å². The molecule has 1 saturated heterocycles. The number of nitrogens with zero attached hydrogens (tertiary/aromatic N) is 5. The number of carbonyl (C=O) groups excluding carboxylic acids is 1. The highest BCUT2D eigenvalue weighted by Gasteiger charge is 2.39. The molecule has 5 atom stereocenters. The van der Waals surface area contributed by atoms with Gasteiger partial charge in [0.05, 0.1) is 42.1 Å². The Morgan fingerprint density at radius 3 is 2.85 bits per heavy atom. The summed E-state index contributed by atoms with van der Waals surface area (Å²) in [6.45, 7) is -0.187. The lowest BCUT2D eigenvalue weighted by molar-refractivity contribution is 0.0724. The molecule has 1 amide bonds. The molecular formula is C22H20ClF2N7O2. The highest BCUT2D eigenvalue weighted by atomic mass is 35.5. The first-order chi connectivity index (χ1) is 16.3. The molecule has 1 saturated carbocycles. The van der Waals surface area contributed by atoms with Crippen molar-refractivity contribution in [3.05, 3.63) is 46.6 Å². The lowest BCUT2D eigenvalue weighted by atomic mass is 10.0. The number of fused-ring (bicyclic) bond motifs is 1. The average Bonchev–Trinajstić information content (AvgIpc) is 3.50. The number of benzene rings is 1. The van der Waals surface area contributed by atoms with Crippen LogP contribution in [0.4, 0.5) is 14.6 Å². The second-order valence-electron chi connectivity index (χ2n) is 8.64. The number of halogens is 3. The smallest absolute Gasteiger partial charge is 0.275 e. The third-order valence-electron chi connectivity index (χ3n) is 6.37. The van der Waals surface area contributed by atoms with Crippen molar-refractivity contribution in [1.29, 1.82) is 5.26 Å². The summed E-state index contributed by atoms with van der Waals surface area (Å²) in [6.07, 6.45) is -0.0176. The van der Waals surface area contributed by atoms with Gasteiger partial charge in [-0.05, 0) is 36.6 Å². The van der Waals surface area contributed by atoms with Crippen molar-refractivity contribution in [3.8, 4) is 6.07 Å². The molecule has 176 valence electrons. The van der Waals surface area contributed by atoms with Gasteiger partial charge in [-0.25, -0.2) is 18.7 Å². The molecule has 3 aromatic rings. The van der Waals surface area contributed by atoms with Crippen molar-refractivity contribution in [2.24, 2.45) is 5.92 Å². The molecule has 5 rings (SSSR count). The highest BCUT2D eigenvalue weighted by Crippen LogP contribution is 2.37. The van der Waals surface area contributed by atoms with Crippen LogP contribution in [-0.2, 0) is 0 Å². The van der Waals surface area contributed by atoms with Gasteiger partial charge in [0, 0.05) is 11.4 Å². The van der Waals surface area contributed by atoms with Gasteiger partial charge in [0.2, 0.25) is 0 Å². The van der Waals surface area contributed by atoms with Crippen molar-refractivity contribution in [2.45, 2.75) is 43.6 Å². The average molecular weight is 488 g/mol. The molecule has 2 aliphatic rings. The number of anilines is 1. The molecule has 0 spiro atoms. The number of likely N-dealkylation sites (tertiary alicyclic amines) is 1. The van der Waals surface area contributed by atoms with Crippen molar-refractivity contribution in [2.75, 3.05) is 11.9 Å². The van der Waals surface area contributed by atoms with E-state index < -0.39 is 36.1 Å². The Morgan fingerprint density at radius 1 is 1.29 bits per heavy atom. The normalized spacial score (nSPS) is 26.7. The largest absolute Gasteiger partial charge is 0.391 e. The predicted octanol–water partition coefficient (Wildman–Crippen LogP) is 3.15. The maximum atomic E-state index is 14.4. The maximum absolute atomic E-state index is 14.4. The summed E-state index contributed by atoms with van der Waals surface area (Å²) in [6, 6.07) is 4.89. The second kappa shape index (κ2) is 8.77. The van der Waals surface area contributed by atoms with Gasteiger partial charge in [-0.1, -0.05) is 11.6 Å². The van der Waals surface area contributed by atoms with Crippen molar-refractivity contribution < 1.29 is 18.7 Å². The zero-order chi connectivity index (χ0) is 24.0. The molecule has 0 radical (unpaired) electrons. The van der Waals surface area contributed by atoms with E-state index in [-0.39, 0.29) is 41.1 Å². The minimum Gasteiger partial charge on any atom is -0.391 e. The molecule has 3 heterocycles. The van der Waals surface area contributed by atoms with Crippen LogP contribution in [0.15, 0.2) is 24.5 Å². The standard InChI is InChI=1S/C22H20ClF2N7O2/c23-12-3-11(4-13(24)5-12)16-6-14(25)8-32(16)22(34)19-18-20(27-9-28-21(18)31-30-19)29-15-1-10(7-26)2-17(15)33/h3-5,9-10,14-17,33H,1-2,6,8H2,(H2,27,28,29,30,31)/t10-,14+,15-,16-,17-/m1/s1. The number of aromatic amines is 1. The van der Waals surface area contributed by atoms with Gasteiger partial charge in [-0.3, -0.25) is 9.89 Å². The lowest BCUT2D eigenvalue weighted by Crippen LogP contribution is -2.32. The number of H-pyrrole nitrogens is 1.